The van der Waals surface area contributed by atoms with Gasteiger partial charge in [-0.05, 0) is 42.1 Å². The quantitative estimate of drug-likeness (QED) is 0.706. The molecule has 3 rings (SSSR count). The third kappa shape index (κ3) is 3.51. The molecule has 0 saturated heterocycles. The van der Waals surface area contributed by atoms with Gasteiger partial charge in [0.05, 0.1) is 18.2 Å². The topological polar surface area (TPSA) is 76.4 Å². The van der Waals surface area contributed by atoms with E-state index in [-0.39, 0.29) is 0 Å². The van der Waals surface area contributed by atoms with Gasteiger partial charge < -0.3 is 21.1 Å². The largest absolute Gasteiger partial charge is 0.493 e. The van der Waals surface area contributed by atoms with Crippen LogP contribution in [-0.2, 0) is 4.79 Å². The van der Waals surface area contributed by atoms with Crippen LogP contribution in [0.15, 0.2) is 47.7 Å². The van der Waals surface area contributed by atoms with Gasteiger partial charge in [-0.15, -0.1) is 0 Å². The maximum atomic E-state index is 12.1. The maximum absolute atomic E-state index is 12.1. The predicted molar refractivity (Wildman–Crippen MR) is 108 cm³/mol. The van der Waals surface area contributed by atoms with E-state index in [4.69, 9.17) is 22.7 Å². The number of thiocarbonyl (C=S) groups is 1. The number of fused-ring (bicyclic) bond motifs is 1. The lowest BCUT2D eigenvalue weighted by molar-refractivity contribution is -0.115. The first-order chi connectivity index (χ1) is 12.4. The highest BCUT2D eigenvalue weighted by Gasteiger charge is 2.29. The number of nitrogens with two attached hydrogens (primary N) is 1. The molecular weight excluding hydrogens is 346 g/mol. The summed E-state index contributed by atoms with van der Waals surface area (Å²) in [6, 6.07) is 11.5. The minimum Gasteiger partial charge on any atom is -0.493 e. The third-order valence-corrected chi connectivity index (χ3v) is 4.56. The molecule has 0 aliphatic carbocycles. The van der Waals surface area contributed by atoms with Crippen molar-refractivity contribution in [3.8, 4) is 5.75 Å². The van der Waals surface area contributed by atoms with Crippen molar-refractivity contribution in [1.29, 1.82) is 0 Å². The summed E-state index contributed by atoms with van der Waals surface area (Å²) in [5.74, 6) is 0.791. The van der Waals surface area contributed by atoms with Crippen LogP contribution in [0.4, 0.5) is 0 Å². The second kappa shape index (κ2) is 7.33. The van der Waals surface area contributed by atoms with E-state index < -0.39 is 11.9 Å². The summed E-state index contributed by atoms with van der Waals surface area (Å²) in [4.78, 5) is 12.1. The van der Waals surface area contributed by atoms with Gasteiger partial charge >= 0.3 is 0 Å². The lowest BCUT2D eigenvalue weighted by atomic mass is 9.91. The number of nitrogens with one attached hydrogen (secondary N) is 2. The van der Waals surface area contributed by atoms with Crippen LogP contribution >= 0.6 is 12.2 Å². The molecule has 4 N–H and O–H groups in total. The van der Waals surface area contributed by atoms with E-state index in [2.05, 4.69) is 24.5 Å². The molecule has 1 amide bonds. The first kappa shape index (κ1) is 18.2. The highest BCUT2D eigenvalue weighted by Crippen LogP contribution is 2.36. The van der Waals surface area contributed by atoms with Gasteiger partial charge in [0.15, 0.2) is 5.11 Å². The number of hydrogen-bond donors (Lipinski definition) is 3. The molecule has 0 radical (unpaired) electrons. The number of ether oxygens (including phenoxy) is 1. The molecule has 0 spiro atoms. The van der Waals surface area contributed by atoms with Crippen LogP contribution in [-0.4, -0.2) is 17.6 Å². The van der Waals surface area contributed by atoms with Crippen molar-refractivity contribution >= 4 is 34.0 Å². The number of carbonyl (C=O) groups excluding carboxylic acids is 1. The van der Waals surface area contributed by atoms with E-state index >= 15 is 0 Å². The minimum absolute atomic E-state index is 0.398. The highest BCUT2D eigenvalue weighted by atomic mass is 32.1. The van der Waals surface area contributed by atoms with Gasteiger partial charge in [-0.2, -0.15) is 0 Å². The summed E-state index contributed by atoms with van der Waals surface area (Å²) in [6.07, 6.45) is 0. The van der Waals surface area contributed by atoms with E-state index in [1.54, 1.807) is 0 Å². The summed E-state index contributed by atoms with van der Waals surface area (Å²) in [5, 5.41) is 8.63. The molecule has 2 aromatic rings. The summed E-state index contributed by atoms with van der Waals surface area (Å²) in [6.45, 7) is 6.68. The highest BCUT2D eigenvalue weighted by molar-refractivity contribution is 7.80. The fraction of sp³-hybridized carbons (Fsp3) is 0.300. The van der Waals surface area contributed by atoms with Crippen molar-refractivity contribution in [2.75, 3.05) is 6.61 Å². The first-order valence-electron chi connectivity index (χ1n) is 8.61. The zero-order valence-corrected chi connectivity index (χ0v) is 15.9. The fourth-order valence-corrected chi connectivity index (χ4v) is 3.45. The number of amides is 1. The van der Waals surface area contributed by atoms with Gasteiger partial charge in [0.2, 0.25) is 5.91 Å². The standard InChI is InChI=1S/C20H23N3O2S/c1-11(2)10-25-16-9-8-15(13-6-4-5-7-14(13)16)18-17(19(21)24)12(3)22-20(26)23-18/h4-9,11,18H,10H2,1-3H3,(H2,21,24)(H2,22,23,26)/t18-/m1/s1. The van der Waals surface area contributed by atoms with Gasteiger partial charge in [-0.3, -0.25) is 4.79 Å². The molecule has 1 aliphatic heterocycles. The Morgan fingerprint density at radius 3 is 2.58 bits per heavy atom. The normalized spacial score (nSPS) is 17.2. The number of hydrogen-bond acceptors (Lipinski definition) is 3. The molecule has 2 aromatic carbocycles. The van der Waals surface area contributed by atoms with Gasteiger partial charge in [0.25, 0.3) is 0 Å². The Hall–Kier alpha value is -2.60. The molecule has 1 atom stereocenters. The zero-order chi connectivity index (χ0) is 18.8. The molecule has 1 aliphatic rings. The molecule has 26 heavy (non-hydrogen) atoms. The third-order valence-electron chi connectivity index (χ3n) is 4.34. The van der Waals surface area contributed by atoms with Gasteiger partial charge in [-0.1, -0.05) is 44.2 Å². The van der Waals surface area contributed by atoms with E-state index in [0.717, 1.165) is 22.1 Å². The number of primary amides is 1. The van der Waals surface area contributed by atoms with Crippen molar-refractivity contribution in [2.24, 2.45) is 11.7 Å². The first-order valence-corrected chi connectivity index (χ1v) is 9.01. The molecule has 6 heteroatoms. The fourth-order valence-electron chi connectivity index (χ4n) is 3.18. The van der Waals surface area contributed by atoms with Gasteiger partial charge in [0.1, 0.15) is 5.75 Å². The minimum atomic E-state index is -0.473. The molecule has 1 heterocycles. The second-order valence-corrected chi connectivity index (χ2v) is 7.25. The Morgan fingerprint density at radius 2 is 1.92 bits per heavy atom. The Labute approximate surface area is 158 Å². The van der Waals surface area contributed by atoms with E-state index in [9.17, 15) is 4.79 Å². The zero-order valence-electron chi connectivity index (χ0n) is 15.1. The summed E-state index contributed by atoms with van der Waals surface area (Å²) in [7, 11) is 0. The molecule has 0 fully saturated rings. The van der Waals surface area contributed by atoms with Crippen LogP contribution in [0.2, 0.25) is 0 Å². The average Bonchev–Trinajstić information content (AvgIpc) is 2.58. The number of allylic oxidation sites excluding steroid dienone is 1. The number of carbonyl (C=O) groups is 1. The van der Waals surface area contributed by atoms with Crippen LogP contribution in [0.3, 0.4) is 0 Å². The smallest absolute Gasteiger partial charge is 0.248 e. The van der Waals surface area contributed by atoms with Crippen LogP contribution in [0.5, 0.6) is 5.75 Å². The van der Waals surface area contributed by atoms with Crippen molar-refractivity contribution in [1.82, 2.24) is 10.6 Å². The molecule has 136 valence electrons. The molecule has 0 aromatic heterocycles. The molecular formula is C20H23N3O2S. The van der Waals surface area contributed by atoms with Crippen LogP contribution in [0, 0.1) is 5.92 Å². The monoisotopic (exact) mass is 369 g/mol. The second-order valence-electron chi connectivity index (χ2n) is 6.84. The summed E-state index contributed by atoms with van der Waals surface area (Å²) < 4.78 is 5.98. The number of benzene rings is 2. The van der Waals surface area contributed by atoms with Crippen molar-refractivity contribution < 1.29 is 9.53 Å². The molecule has 5 nitrogen and oxygen atoms in total. The Bertz CT molecular complexity index is 905. The van der Waals surface area contributed by atoms with E-state index in [1.165, 1.54) is 0 Å². The summed E-state index contributed by atoms with van der Waals surface area (Å²) >= 11 is 5.28. The maximum Gasteiger partial charge on any atom is 0.248 e. The Kier molecular flexibility index (Phi) is 5.13. The van der Waals surface area contributed by atoms with Gasteiger partial charge in [0, 0.05) is 11.1 Å². The summed E-state index contributed by atoms with van der Waals surface area (Å²) in [5.41, 5.74) is 7.74. The number of rotatable bonds is 5. The average molecular weight is 369 g/mol. The molecule has 0 saturated carbocycles. The van der Waals surface area contributed by atoms with Crippen LogP contribution in [0.25, 0.3) is 10.8 Å². The van der Waals surface area contributed by atoms with Crippen LogP contribution in [0.1, 0.15) is 32.4 Å². The Morgan fingerprint density at radius 1 is 1.23 bits per heavy atom. The lowest BCUT2D eigenvalue weighted by Crippen LogP contribution is -2.46. The predicted octanol–water partition coefficient (Wildman–Crippen LogP) is 3.15. The van der Waals surface area contributed by atoms with E-state index in [0.29, 0.717) is 28.9 Å². The lowest BCUT2D eigenvalue weighted by Gasteiger charge is -2.30. The molecule has 0 bridgehead atoms. The van der Waals surface area contributed by atoms with Crippen molar-refractivity contribution in [3.05, 3.63) is 53.2 Å². The SMILES string of the molecule is CC1=C(C(N)=O)[C@@H](c2ccc(OCC(C)C)c3ccccc23)NC(=S)N1. The molecule has 0 unspecified atom stereocenters. The van der Waals surface area contributed by atoms with Gasteiger partial charge in [-0.25, -0.2) is 0 Å². The van der Waals surface area contributed by atoms with Crippen molar-refractivity contribution in [2.45, 2.75) is 26.8 Å². The van der Waals surface area contributed by atoms with E-state index in [1.807, 2.05) is 43.3 Å². The van der Waals surface area contributed by atoms with Crippen LogP contribution < -0.4 is 21.1 Å². The van der Waals surface area contributed by atoms with Crippen molar-refractivity contribution in [3.63, 3.8) is 0 Å². The Balaban J connectivity index is 2.13.